The fourth-order valence-corrected chi connectivity index (χ4v) is 4.07. The van der Waals surface area contributed by atoms with E-state index in [4.69, 9.17) is 0 Å². The molecule has 31 heavy (non-hydrogen) atoms. The molecule has 1 aliphatic carbocycles. The molecule has 154 valence electrons. The van der Waals surface area contributed by atoms with E-state index in [-0.39, 0.29) is 5.56 Å². The van der Waals surface area contributed by atoms with Crippen LogP contribution in [0.4, 0.5) is 0 Å². The van der Waals surface area contributed by atoms with Gasteiger partial charge in [0.05, 0.1) is 23.0 Å². The Morgan fingerprint density at radius 1 is 1.06 bits per heavy atom. The van der Waals surface area contributed by atoms with Crippen LogP contribution < -0.4 is 5.56 Å². The molecular weight excluding hydrogens is 390 g/mol. The maximum absolute atomic E-state index is 13.8. The molecule has 4 aromatic heterocycles. The first kappa shape index (κ1) is 18.0. The van der Waals surface area contributed by atoms with Crippen molar-refractivity contribution in [3.63, 3.8) is 0 Å². The lowest BCUT2D eigenvalue weighted by atomic mass is 10.1. The highest BCUT2D eigenvalue weighted by atomic mass is 16.1. The van der Waals surface area contributed by atoms with Crippen LogP contribution in [0, 0.1) is 12.8 Å². The predicted octanol–water partition coefficient (Wildman–Crippen LogP) is 3.25. The van der Waals surface area contributed by atoms with E-state index in [9.17, 15) is 4.79 Å². The van der Waals surface area contributed by atoms with Crippen LogP contribution in [0.2, 0.25) is 0 Å². The molecule has 0 radical (unpaired) electrons. The Kier molecular flexibility index (Phi) is 3.83. The molecule has 1 aromatic carbocycles. The molecule has 0 bridgehead atoms. The second kappa shape index (κ2) is 6.60. The summed E-state index contributed by atoms with van der Waals surface area (Å²) in [5.41, 5.74) is 5.13. The molecule has 8 heteroatoms. The van der Waals surface area contributed by atoms with Gasteiger partial charge in [-0.25, -0.2) is 0 Å². The molecule has 4 heterocycles. The van der Waals surface area contributed by atoms with E-state index in [0.29, 0.717) is 22.7 Å². The van der Waals surface area contributed by atoms with Gasteiger partial charge in [-0.05, 0) is 49.9 Å². The largest absolute Gasteiger partial charge is 0.281 e. The number of nitrogens with zero attached hydrogens (tertiary/aromatic N) is 7. The minimum absolute atomic E-state index is 0.182. The molecule has 0 atom stereocenters. The standard InChI is InChI=1S/C23H21N7O/c1-14-3-6-16(10-24-14)21-22-20(11-25-29(22)12-15-4-5-15)27-30(23(21)31)18-7-8-19-17(9-18)13-28(2)26-19/h3,6-11,13,15H,4-5,12H2,1-2H3. The third-order valence-corrected chi connectivity index (χ3v) is 5.85. The van der Waals surface area contributed by atoms with E-state index >= 15 is 0 Å². The minimum atomic E-state index is -0.182. The van der Waals surface area contributed by atoms with Gasteiger partial charge in [-0.1, -0.05) is 6.07 Å². The molecule has 8 nitrogen and oxygen atoms in total. The highest BCUT2D eigenvalue weighted by Gasteiger charge is 2.25. The summed E-state index contributed by atoms with van der Waals surface area (Å²) >= 11 is 0. The summed E-state index contributed by atoms with van der Waals surface area (Å²) in [5.74, 6) is 0.627. The molecule has 0 N–H and O–H groups in total. The first-order valence-corrected chi connectivity index (χ1v) is 10.4. The van der Waals surface area contributed by atoms with Gasteiger partial charge in [0.2, 0.25) is 0 Å². The monoisotopic (exact) mass is 411 g/mol. The van der Waals surface area contributed by atoms with Crippen LogP contribution >= 0.6 is 0 Å². The first-order chi connectivity index (χ1) is 15.1. The van der Waals surface area contributed by atoms with Crippen LogP contribution in [0.1, 0.15) is 18.5 Å². The normalized spacial score (nSPS) is 14.0. The summed E-state index contributed by atoms with van der Waals surface area (Å²) in [6, 6.07) is 9.60. The molecule has 1 saturated carbocycles. The number of pyridine rings is 1. The summed E-state index contributed by atoms with van der Waals surface area (Å²) in [6.07, 6.45) is 7.85. The van der Waals surface area contributed by atoms with Crippen molar-refractivity contribution in [2.75, 3.05) is 0 Å². The highest BCUT2D eigenvalue weighted by molar-refractivity contribution is 5.91. The lowest BCUT2D eigenvalue weighted by Crippen LogP contribution is -2.24. The molecule has 1 fully saturated rings. The second-order valence-corrected chi connectivity index (χ2v) is 8.33. The van der Waals surface area contributed by atoms with E-state index in [1.165, 1.54) is 17.5 Å². The van der Waals surface area contributed by atoms with E-state index < -0.39 is 0 Å². The fraction of sp³-hybridized carbons (Fsp3) is 0.261. The van der Waals surface area contributed by atoms with E-state index in [2.05, 4.69) is 20.3 Å². The van der Waals surface area contributed by atoms with Crippen molar-refractivity contribution >= 4 is 21.9 Å². The zero-order chi connectivity index (χ0) is 21.1. The number of rotatable bonds is 4. The fourth-order valence-electron chi connectivity index (χ4n) is 4.07. The van der Waals surface area contributed by atoms with Crippen molar-refractivity contribution in [3.05, 3.63) is 65.0 Å². The average molecular weight is 411 g/mol. The third-order valence-electron chi connectivity index (χ3n) is 5.85. The molecular formula is C23H21N7O. The number of hydrogen-bond acceptors (Lipinski definition) is 5. The van der Waals surface area contributed by atoms with Crippen LogP contribution in [-0.2, 0) is 13.6 Å². The highest BCUT2D eigenvalue weighted by Crippen LogP contribution is 2.33. The van der Waals surface area contributed by atoms with Gasteiger partial charge < -0.3 is 0 Å². The smallest absolute Gasteiger partial charge is 0.275 e. The topological polar surface area (TPSA) is 83.4 Å². The number of aromatic nitrogens is 7. The lowest BCUT2D eigenvalue weighted by molar-refractivity contribution is 0.580. The molecule has 0 aliphatic heterocycles. The Bertz CT molecular complexity index is 1500. The maximum Gasteiger partial charge on any atom is 0.281 e. The van der Waals surface area contributed by atoms with Crippen LogP contribution in [-0.4, -0.2) is 34.3 Å². The van der Waals surface area contributed by atoms with E-state index in [1.54, 1.807) is 17.1 Å². The lowest BCUT2D eigenvalue weighted by Gasteiger charge is -2.11. The molecule has 0 amide bonds. The third kappa shape index (κ3) is 3.02. The number of fused-ring (bicyclic) bond motifs is 2. The SMILES string of the molecule is Cc1ccc(-c2c(=O)n(-c3ccc4nn(C)cc4c3)nc3cnn(CC4CC4)c23)cn1. The van der Waals surface area contributed by atoms with Crippen LogP contribution in [0.15, 0.2) is 53.7 Å². The molecule has 0 unspecified atom stereocenters. The molecule has 6 rings (SSSR count). The maximum atomic E-state index is 13.8. The van der Waals surface area contributed by atoms with E-state index in [0.717, 1.165) is 34.2 Å². The number of benzene rings is 1. The minimum Gasteiger partial charge on any atom is -0.275 e. The van der Waals surface area contributed by atoms with Crippen molar-refractivity contribution in [1.82, 2.24) is 34.3 Å². The quantitative estimate of drug-likeness (QED) is 0.453. The van der Waals surface area contributed by atoms with Gasteiger partial charge in [0.1, 0.15) is 11.0 Å². The van der Waals surface area contributed by atoms with Crippen LogP contribution in [0.25, 0.3) is 38.8 Å². The average Bonchev–Trinajstić information content (AvgIpc) is 3.37. The Labute approximate surface area is 177 Å². The second-order valence-electron chi connectivity index (χ2n) is 8.33. The van der Waals surface area contributed by atoms with Crippen LogP contribution in [0.5, 0.6) is 0 Å². The molecule has 5 aromatic rings. The summed E-state index contributed by atoms with van der Waals surface area (Å²) in [5, 5.41) is 14.6. The van der Waals surface area contributed by atoms with Crippen molar-refractivity contribution in [1.29, 1.82) is 0 Å². The van der Waals surface area contributed by atoms with Crippen molar-refractivity contribution < 1.29 is 0 Å². The van der Waals surface area contributed by atoms with Gasteiger partial charge in [0, 0.05) is 42.6 Å². The van der Waals surface area contributed by atoms with Gasteiger partial charge in [0.15, 0.2) is 0 Å². The summed E-state index contributed by atoms with van der Waals surface area (Å²) in [4.78, 5) is 18.2. The molecule has 1 aliphatic rings. The van der Waals surface area contributed by atoms with Crippen LogP contribution in [0.3, 0.4) is 0 Å². The Morgan fingerprint density at radius 2 is 1.94 bits per heavy atom. The Morgan fingerprint density at radius 3 is 2.71 bits per heavy atom. The molecule has 0 spiro atoms. The van der Waals surface area contributed by atoms with Gasteiger partial charge >= 0.3 is 0 Å². The van der Waals surface area contributed by atoms with Gasteiger partial charge in [-0.15, -0.1) is 0 Å². The van der Waals surface area contributed by atoms with Gasteiger partial charge in [-0.3, -0.25) is 19.1 Å². The Balaban J connectivity index is 1.62. The van der Waals surface area contributed by atoms with Crippen molar-refractivity contribution in [3.8, 4) is 16.8 Å². The van der Waals surface area contributed by atoms with E-state index in [1.807, 2.05) is 55.2 Å². The van der Waals surface area contributed by atoms with Crippen molar-refractivity contribution in [2.24, 2.45) is 13.0 Å². The summed E-state index contributed by atoms with van der Waals surface area (Å²) < 4.78 is 5.16. The zero-order valence-electron chi connectivity index (χ0n) is 17.4. The summed E-state index contributed by atoms with van der Waals surface area (Å²) in [6.45, 7) is 2.74. The van der Waals surface area contributed by atoms with Gasteiger partial charge in [0.25, 0.3) is 5.56 Å². The predicted molar refractivity (Wildman–Crippen MR) is 118 cm³/mol. The van der Waals surface area contributed by atoms with Gasteiger partial charge in [-0.2, -0.15) is 20.0 Å². The number of aryl methyl sites for hydroxylation is 2. The first-order valence-electron chi connectivity index (χ1n) is 10.4. The molecule has 0 saturated heterocycles. The van der Waals surface area contributed by atoms with Crippen molar-refractivity contribution in [2.45, 2.75) is 26.3 Å². The Hall–Kier alpha value is -3.81. The zero-order valence-corrected chi connectivity index (χ0v) is 17.4. The number of hydrogen-bond donors (Lipinski definition) is 0. The summed E-state index contributed by atoms with van der Waals surface area (Å²) in [7, 11) is 1.88.